The number of nitrogens with one attached hydrogen (secondary N) is 1. The summed E-state index contributed by atoms with van der Waals surface area (Å²) in [6.45, 7) is 1.40. The van der Waals surface area contributed by atoms with Gasteiger partial charge in [0.05, 0.1) is 5.56 Å². The van der Waals surface area contributed by atoms with Gasteiger partial charge in [0.15, 0.2) is 6.10 Å². The van der Waals surface area contributed by atoms with Crippen LogP contribution in [0.25, 0.3) is 6.08 Å². The maximum Gasteiger partial charge on any atom is 0.416 e. The van der Waals surface area contributed by atoms with Gasteiger partial charge in [-0.25, -0.2) is 4.79 Å². The molecule has 0 fully saturated rings. The molecule has 0 saturated carbocycles. The number of benzene rings is 2. The van der Waals surface area contributed by atoms with Crippen LogP contribution in [0.15, 0.2) is 54.6 Å². The Hall–Kier alpha value is -3.29. The van der Waals surface area contributed by atoms with E-state index in [1.54, 1.807) is 12.1 Å². The average Bonchev–Trinajstić information content (AvgIpc) is 2.66. The van der Waals surface area contributed by atoms with Gasteiger partial charge in [-0.3, -0.25) is 4.79 Å². The van der Waals surface area contributed by atoms with E-state index in [1.165, 1.54) is 25.1 Å². The van der Waals surface area contributed by atoms with Crippen molar-refractivity contribution in [2.45, 2.75) is 19.2 Å². The topological polar surface area (TPSA) is 58.6 Å². The van der Waals surface area contributed by atoms with Crippen molar-refractivity contribution in [1.29, 1.82) is 0 Å². The summed E-state index contributed by atoms with van der Waals surface area (Å²) in [5, 5.41) is 2.63. The zero-order valence-corrected chi connectivity index (χ0v) is 16.2. The Bertz CT molecular complexity index is 891. The third-order valence-electron chi connectivity index (χ3n) is 3.94. The molecule has 1 atom stereocenters. The maximum atomic E-state index is 12.7. The van der Waals surface area contributed by atoms with Gasteiger partial charge < -0.3 is 15.0 Å². The number of hydrogen-bond donors (Lipinski definition) is 1. The number of rotatable bonds is 6. The van der Waals surface area contributed by atoms with Crippen molar-refractivity contribution in [2.75, 3.05) is 24.3 Å². The van der Waals surface area contributed by atoms with Crippen molar-refractivity contribution >= 4 is 29.3 Å². The molecule has 1 amide bonds. The summed E-state index contributed by atoms with van der Waals surface area (Å²) in [6.07, 6.45) is -3.38. The van der Waals surface area contributed by atoms with Crippen LogP contribution >= 0.6 is 0 Å². The van der Waals surface area contributed by atoms with Crippen LogP contribution in [0.3, 0.4) is 0 Å². The van der Waals surface area contributed by atoms with Crippen molar-refractivity contribution in [2.24, 2.45) is 0 Å². The predicted molar refractivity (Wildman–Crippen MR) is 105 cm³/mol. The van der Waals surface area contributed by atoms with E-state index in [0.717, 1.165) is 23.9 Å². The molecule has 2 rings (SSSR count). The Kier molecular flexibility index (Phi) is 7.03. The number of alkyl halides is 3. The van der Waals surface area contributed by atoms with E-state index in [1.807, 2.05) is 31.1 Å². The van der Waals surface area contributed by atoms with Crippen LogP contribution < -0.4 is 10.2 Å². The minimum Gasteiger partial charge on any atom is -0.449 e. The van der Waals surface area contributed by atoms with Gasteiger partial charge in [-0.2, -0.15) is 13.2 Å². The summed E-state index contributed by atoms with van der Waals surface area (Å²) in [5.41, 5.74) is 0.876. The first-order valence-electron chi connectivity index (χ1n) is 8.70. The maximum absolute atomic E-state index is 12.7. The van der Waals surface area contributed by atoms with Gasteiger partial charge in [0.2, 0.25) is 0 Å². The fraction of sp³-hybridized carbons (Fsp3) is 0.238. The number of nitrogens with zero attached hydrogens (tertiary/aromatic N) is 1. The molecular weight excluding hydrogens is 385 g/mol. The molecule has 0 saturated heterocycles. The smallest absolute Gasteiger partial charge is 0.416 e. The number of carbonyl (C=O) groups excluding carboxylic acids is 2. The van der Waals surface area contributed by atoms with E-state index in [2.05, 4.69) is 5.32 Å². The largest absolute Gasteiger partial charge is 0.449 e. The highest BCUT2D eigenvalue weighted by Crippen LogP contribution is 2.29. The molecule has 29 heavy (non-hydrogen) atoms. The predicted octanol–water partition coefficient (Wildman–Crippen LogP) is 4.36. The fourth-order valence-corrected chi connectivity index (χ4v) is 2.34. The zero-order chi connectivity index (χ0) is 21.6. The Labute approximate surface area is 166 Å². The minimum absolute atomic E-state index is 0.190. The first-order chi connectivity index (χ1) is 13.6. The summed E-state index contributed by atoms with van der Waals surface area (Å²) in [7, 11) is 3.78. The van der Waals surface area contributed by atoms with Crippen LogP contribution in [0.4, 0.5) is 24.5 Å². The lowest BCUT2D eigenvalue weighted by Gasteiger charge is -2.15. The second kappa shape index (κ2) is 9.27. The van der Waals surface area contributed by atoms with Gasteiger partial charge in [0, 0.05) is 31.5 Å². The monoisotopic (exact) mass is 406 g/mol. The van der Waals surface area contributed by atoms with E-state index >= 15 is 0 Å². The molecule has 0 aliphatic rings. The Morgan fingerprint density at radius 1 is 1.10 bits per heavy atom. The van der Waals surface area contributed by atoms with Crippen LogP contribution in [0.1, 0.15) is 18.1 Å². The van der Waals surface area contributed by atoms with Crippen molar-refractivity contribution < 1.29 is 27.5 Å². The highest BCUT2D eigenvalue weighted by atomic mass is 19.4. The number of hydrogen-bond acceptors (Lipinski definition) is 4. The number of anilines is 2. The molecule has 5 nitrogen and oxygen atoms in total. The quantitative estimate of drug-likeness (QED) is 0.572. The van der Waals surface area contributed by atoms with Gasteiger partial charge in [-0.05, 0) is 55.0 Å². The second-order valence-corrected chi connectivity index (χ2v) is 6.47. The van der Waals surface area contributed by atoms with Crippen LogP contribution in [0.5, 0.6) is 0 Å². The molecule has 0 aliphatic heterocycles. The lowest BCUT2D eigenvalue weighted by molar-refractivity contribution is -0.148. The third-order valence-corrected chi connectivity index (χ3v) is 3.94. The van der Waals surface area contributed by atoms with Crippen LogP contribution in [-0.4, -0.2) is 32.1 Å². The molecule has 1 unspecified atom stereocenters. The van der Waals surface area contributed by atoms with Crippen LogP contribution in [-0.2, 0) is 20.5 Å². The van der Waals surface area contributed by atoms with Crippen molar-refractivity contribution in [3.05, 3.63) is 65.7 Å². The van der Waals surface area contributed by atoms with Crippen molar-refractivity contribution in [3.8, 4) is 0 Å². The molecule has 0 aromatic heterocycles. The Morgan fingerprint density at radius 2 is 1.76 bits per heavy atom. The van der Waals surface area contributed by atoms with Crippen molar-refractivity contribution in [3.63, 3.8) is 0 Å². The molecule has 2 aromatic carbocycles. The van der Waals surface area contributed by atoms with Crippen molar-refractivity contribution in [1.82, 2.24) is 0 Å². The lowest BCUT2D eigenvalue weighted by Crippen LogP contribution is -2.29. The normalized spacial score (nSPS) is 12.5. The molecule has 0 heterocycles. The molecule has 154 valence electrons. The van der Waals surface area contributed by atoms with E-state index in [0.29, 0.717) is 5.69 Å². The summed E-state index contributed by atoms with van der Waals surface area (Å²) in [6, 6.07) is 11.6. The lowest BCUT2D eigenvalue weighted by atomic mass is 10.1. The standard InChI is InChI=1S/C21H21F3N2O3/c1-14(20(28)25-17-8-10-18(11-9-17)26(2)3)29-19(27)12-7-15-5-4-6-16(13-15)21(22,23)24/h4-14H,1-3H3,(H,25,28)/b12-7+. The Morgan fingerprint density at radius 3 is 2.34 bits per heavy atom. The average molecular weight is 406 g/mol. The Balaban J connectivity index is 1.92. The second-order valence-electron chi connectivity index (χ2n) is 6.47. The first kappa shape index (κ1) is 22.0. The molecular formula is C21H21F3N2O3. The van der Waals surface area contributed by atoms with Gasteiger partial charge in [0.25, 0.3) is 5.91 Å². The van der Waals surface area contributed by atoms with E-state index < -0.39 is 29.7 Å². The molecule has 1 N–H and O–H groups in total. The summed E-state index contributed by atoms with van der Waals surface area (Å²) in [5.74, 6) is -1.36. The number of ether oxygens (including phenoxy) is 1. The molecule has 8 heteroatoms. The molecule has 0 radical (unpaired) electrons. The molecule has 0 spiro atoms. The third kappa shape index (κ3) is 6.67. The van der Waals surface area contributed by atoms with E-state index in [-0.39, 0.29) is 5.56 Å². The van der Waals surface area contributed by atoms with E-state index in [9.17, 15) is 22.8 Å². The highest BCUT2D eigenvalue weighted by Gasteiger charge is 2.30. The molecule has 0 aliphatic carbocycles. The van der Waals surface area contributed by atoms with Gasteiger partial charge in [0.1, 0.15) is 0 Å². The van der Waals surface area contributed by atoms with E-state index in [4.69, 9.17) is 4.74 Å². The highest BCUT2D eigenvalue weighted by molar-refractivity contribution is 5.96. The number of amides is 1. The van der Waals surface area contributed by atoms with Gasteiger partial charge >= 0.3 is 12.1 Å². The summed E-state index contributed by atoms with van der Waals surface area (Å²) in [4.78, 5) is 25.9. The SMILES string of the molecule is CC(OC(=O)/C=C/c1cccc(C(F)(F)F)c1)C(=O)Nc1ccc(N(C)C)cc1. The number of carbonyl (C=O) groups is 2. The minimum atomic E-state index is -4.47. The fourth-order valence-electron chi connectivity index (χ4n) is 2.34. The van der Waals surface area contributed by atoms with Crippen LogP contribution in [0, 0.1) is 0 Å². The molecule has 0 bridgehead atoms. The summed E-state index contributed by atoms with van der Waals surface area (Å²) < 4.78 is 43.1. The number of halogens is 3. The number of esters is 1. The first-order valence-corrected chi connectivity index (χ1v) is 8.70. The molecule has 2 aromatic rings. The van der Waals surface area contributed by atoms with Gasteiger partial charge in [-0.1, -0.05) is 12.1 Å². The van der Waals surface area contributed by atoms with Crippen LogP contribution in [0.2, 0.25) is 0 Å². The zero-order valence-electron chi connectivity index (χ0n) is 16.2. The summed E-state index contributed by atoms with van der Waals surface area (Å²) >= 11 is 0. The van der Waals surface area contributed by atoms with Gasteiger partial charge in [-0.15, -0.1) is 0 Å².